The number of carbonyl (C=O) groups is 1. The van der Waals surface area contributed by atoms with E-state index in [9.17, 15) is 10.0 Å². The predicted octanol–water partition coefficient (Wildman–Crippen LogP) is 3.20. The number of hydrogen-bond donors (Lipinski definition) is 2. The van der Waals surface area contributed by atoms with Crippen molar-refractivity contribution in [2.75, 3.05) is 6.54 Å². The number of hydroxylamine groups is 2. The second-order valence-electron chi connectivity index (χ2n) is 8.09. The molecule has 1 saturated heterocycles. The minimum atomic E-state index is -0.520. The first kappa shape index (κ1) is 17.4. The monoisotopic (exact) mass is 284 g/mol. The Kier molecular flexibility index (Phi) is 4.92. The second kappa shape index (κ2) is 5.64. The van der Waals surface area contributed by atoms with E-state index in [0.717, 1.165) is 12.8 Å². The summed E-state index contributed by atoms with van der Waals surface area (Å²) in [4.78, 5) is 12.4. The fourth-order valence-corrected chi connectivity index (χ4v) is 3.00. The lowest BCUT2D eigenvalue weighted by atomic mass is 9.85. The highest BCUT2D eigenvalue weighted by atomic mass is 16.5. The first-order valence-corrected chi connectivity index (χ1v) is 7.71. The molecular formula is C16H32N2O2. The molecule has 4 heteroatoms. The molecule has 0 radical (unpaired) electrons. The van der Waals surface area contributed by atoms with Gasteiger partial charge in [-0.05, 0) is 46.0 Å². The quantitative estimate of drug-likeness (QED) is 0.815. The average Bonchev–Trinajstić information content (AvgIpc) is 2.49. The molecule has 20 heavy (non-hydrogen) atoms. The van der Waals surface area contributed by atoms with Crippen molar-refractivity contribution in [3.63, 3.8) is 0 Å². The molecule has 0 aliphatic carbocycles. The van der Waals surface area contributed by atoms with E-state index in [1.54, 1.807) is 0 Å². The third-order valence-electron chi connectivity index (χ3n) is 5.05. The molecule has 0 spiro atoms. The van der Waals surface area contributed by atoms with E-state index >= 15 is 0 Å². The number of hydrogen-bond acceptors (Lipinski definition) is 3. The first-order valence-electron chi connectivity index (χ1n) is 7.71. The Morgan fingerprint density at radius 1 is 1.35 bits per heavy atom. The molecule has 1 rings (SSSR count). The molecule has 1 aliphatic heterocycles. The zero-order chi connectivity index (χ0) is 15.8. The van der Waals surface area contributed by atoms with E-state index in [4.69, 9.17) is 0 Å². The zero-order valence-electron chi connectivity index (χ0n) is 14.2. The summed E-state index contributed by atoms with van der Waals surface area (Å²) in [5.74, 6) is -0.112. The van der Waals surface area contributed by atoms with Crippen molar-refractivity contribution in [2.45, 2.75) is 78.8 Å². The molecule has 0 bridgehead atoms. The van der Waals surface area contributed by atoms with Crippen LogP contribution >= 0.6 is 0 Å². The van der Waals surface area contributed by atoms with E-state index < -0.39 is 5.54 Å². The molecule has 1 unspecified atom stereocenters. The van der Waals surface area contributed by atoms with Crippen molar-refractivity contribution in [3.05, 3.63) is 0 Å². The Morgan fingerprint density at radius 3 is 2.30 bits per heavy atom. The lowest BCUT2D eigenvalue weighted by molar-refractivity contribution is -0.197. The molecule has 1 fully saturated rings. The van der Waals surface area contributed by atoms with Crippen LogP contribution in [0.15, 0.2) is 0 Å². The minimum absolute atomic E-state index is 0.0616. The third-order valence-corrected chi connectivity index (χ3v) is 5.05. The van der Waals surface area contributed by atoms with Crippen LogP contribution in [0.3, 0.4) is 0 Å². The maximum atomic E-state index is 12.4. The van der Waals surface area contributed by atoms with Crippen LogP contribution in [-0.2, 0) is 4.79 Å². The molecule has 0 aromatic carbocycles. The molecule has 0 aromatic heterocycles. The highest BCUT2D eigenvalue weighted by Gasteiger charge is 2.54. The van der Waals surface area contributed by atoms with E-state index in [-0.39, 0.29) is 22.8 Å². The van der Waals surface area contributed by atoms with Crippen LogP contribution in [-0.4, -0.2) is 33.8 Å². The van der Waals surface area contributed by atoms with Crippen LogP contribution in [0.25, 0.3) is 0 Å². The molecule has 1 aliphatic rings. The van der Waals surface area contributed by atoms with Gasteiger partial charge in [-0.2, -0.15) is 5.06 Å². The fourth-order valence-electron chi connectivity index (χ4n) is 3.00. The highest BCUT2D eigenvalue weighted by molar-refractivity contribution is 5.80. The number of nitrogens with one attached hydrogen (secondary N) is 1. The number of nitrogens with zero attached hydrogens (tertiary/aromatic N) is 1. The lowest BCUT2D eigenvalue weighted by Gasteiger charge is -2.35. The van der Waals surface area contributed by atoms with Gasteiger partial charge in [0.1, 0.15) is 0 Å². The number of amides is 1. The summed E-state index contributed by atoms with van der Waals surface area (Å²) < 4.78 is 0. The Balaban J connectivity index is 2.61. The van der Waals surface area contributed by atoms with Crippen LogP contribution in [0.2, 0.25) is 0 Å². The third kappa shape index (κ3) is 3.53. The fraction of sp³-hybridized carbons (Fsp3) is 0.938. The van der Waals surface area contributed by atoms with Gasteiger partial charge in [0, 0.05) is 12.1 Å². The zero-order valence-corrected chi connectivity index (χ0v) is 14.2. The molecule has 1 amide bonds. The molecule has 1 heterocycles. The van der Waals surface area contributed by atoms with Gasteiger partial charge in [-0.15, -0.1) is 0 Å². The SMILES string of the molecule is CCC(C)(C)CCNC(=O)C1CC(C)(C)N(O)C1(C)C. The summed E-state index contributed by atoms with van der Waals surface area (Å²) in [6.45, 7) is 15.1. The van der Waals surface area contributed by atoms with Crippen LogP contribution in [0.1, 0.15) is 67.7 Å². The molecule has 2 N–H and O–H groups in total. The Hall–Kier alpha value is -0.610. The van der Waals surface area contributed by atoms with Gasteiger partial charge in [0.25, 0.3) is 0 Å². The van der Waals surface area contributed by atoms with Gasteiger partial charge in [0.05, 0.1) is 11.5 Å². The van der Waals surface area contributed by atoms with Gasteiger partial charge in [-0.3, -0.25) is 4.79 Å². The van der Waals surface area contributed by atoms with Gasteiger partial charge in [0.2, 0.25) is 5.91 Å². The van der Waals surface area contributed by atoms with Crippen molar-refractivity contribution in [2.24, 2.45) is 11.3 Å². The normalized spacial score (nSPS) is 25.7. The average molecular weight is 284 g/mol. The van der Waals surface area contributed by atoms with Crippen LogP contribution in [0.5, 0.6) is 0 Å². The van der Waals surface area contributed by atoms with Crippen LogP contribution < -0.4 is 5.32 Å². The predicted molar refractivity (Wildman–Crippen MR) is 81.6 cm³/mol. The van der Waals surface area contributed by atoms with Gasteiger partial charge in [0.15, 0.2) is 0 Å². The maximum absolute atomic E-state index is 12.4. The van der Waals surface area contributed by atoms with Crippen molar-refractivity contribution in [1.82, 2.24) is 10.4 Å². The van der Waals surface area contributed by atoms with Crippen molar-refractivity contribution < 1.29 is 10.0 Å². The number of rotatable bonds is 5. The van der Waals surface area contributed by atoms with Crippen molar-refractivity contribution in [1.29, 1.82) is 0 Å². The van der Waals surface area contributed by atoms with Crippen molar-refractivity contribution in [3.8, 4) is 0 Å². The number of carbonyl (C=O) groups excluding carboxylic acids is 1. The first-order chi connectivity index (χ1) is 8.94. The second-order valence-corrected chi connectivity index (χ2v) is 8.09. The van der Waals surface area contributed by atoms with Gasteiger partial charge in [-0.25, -0.2) is 0 Å². The van der Waals surface area contributed by atoms with E-state index in [2.05, 4.69) is 26.1 Å². The minimum Gasteiger partial charge on any atom is -0.356 e. The molecular weight excluding hydrogens is 252 g/mol. The van der Waals surface area contributed by atoms with Crippen molar-refractivity contribution >= 4 is 5.91 Å². The molecule has 118 valence electrons. The Labute approximate surface area is 123 Å². The largest absolute Gasteiger partial charge is 0.356 e. The summed E-state index contributed by atoms with van der Waals surface area (Å²) in [6, 6.07) is 0. The standard InChI is InChI=1S/C16H32N2O2/c1-8-14(2,3)9-10-17-13(19)12-11-15(4,5)18(20)16(12,6)7/h12,20H,8-11H2,1-7H3,(H,17,19). The molecule has 4 nitrogen and oxygen atoms in total. The van der Waals surface area contributed by atoms with Crippen LogP contribution in [0.4, 0.5) is 0 Å². The smallest absolute Gasteiger partial charge is 0.225 e. The van der Waals surface area contributed by atoms with Gasteiger partial charge < -0.3 is 10.5 Å². The molecule has 0 aromatic rings. The lowest BCUT2D eigenvalue weighted by Crippen LogP contribution is -2.50. The Morgan fingerprint density at radius 2 is 1.90 bits per heavy atom. The van der Waals surface area contributed by atoms with E-state index in [1.807, 2.05) is 27.7 Å². The summed E-state index contributed by atoms with van der Waals surface area (Å²) in [7, 11) is 0. The molecule has 0 saturated carbocycles. The van der Waals surface area contributed by atoms with Gasteiger partial charge >= 0.3 is 0 Å². The summed E-state index contributed by atoms with van der Waals surface area (Å²) in [5.41, 5.74) is -0.608. The maximum Gasteiger partial charge on any atom is 0.225 e. The molecule has 1 atom stereocenters. The summed E-state index contributed by atoms with van der Waals surface area (Å²) in [6.07, 6.45) is 2.77. The topological polar surface area (TPSA) is 52.6 Å². The van der Waals surface area contributed by atoms with E-state index in [0.29, 0.717) is 13.0 Å². The highest BCUT2D eigenvalue weighted by Crippen LogP contribution is 2.43. The summed E-state index contributed by atoms with van der Waals surface area (Å²) in [5, 5.41) is 14.6. The summed E-state index contributed by atoms with van der Waals surface area (Å²) >= 11 is 0. The van der Waals surface area contributed by atoms with E-state index in [1.165, 1.54) is 5.06 Å². The Bertz CT molecular complexity index is 361. The van der Waals surface area contributed by atoms with Gasteiger partial charge in [-0.1, -0.05) is 27.2 Å². The van der Waals surface area contributed by atoms with Crippen LogP contribution in [0, 0.1) is 11.3 Å².